The Kier molecular flexibility index (Phi) is 3.17. The lowest BCUT2D eigenvalue weighted by Crippen LogP contribution is -2.08. The molecule has 0 spiro atoms. The first-order chi connectivity index (χ1) is 6.07. The van der Waals surface area contributed by atoms with Crippen LogP contribution < -0.4 is 5.32 Å². The first kappa shape index (κ1) is 10.4. The Balaban J connectivity index is 3.26. The summed E-state index contributed by atoms with van der Waals surface area (Å²) in [6.07, 6.45) is 0. The molecule has 1 rings (SSSR count). The van der Waals surface area contributed by atoms with Crippen LogP contribution in [0, 0.1) is 13.8 Å². The van der Waals surface area contributed by atoms with Gasteiger partial charge in [0.05, 0.1) is 5.02 Å². The van der Waals surface area contributed by atoms with Gasteiger partial charge in [0.1, 0.15) is 5.75 Å². The van der Waals surface area contributed by atoms with E-state index in [1.54, 1.807) is 6.07 Å². The third-order valence-electron chi connectivity index (χ3n) is 2.19. The average molecular weight is 200 g/mol. The highest BCUT2D eigenvalue weighted by molar-refractivity contribution is 6.32. The molecule has 13 heavy (non-hydrogen) atoms. The molecule has 0 aliphatic carbocycles. The average Bonchev–Trinajstić information content (AvgIpc) is 2.09. The zero-order valence-corrected chi connectivity index (χ0v) is 8.87. The summed E-state index contributed by atoms with van der Waals surface area (Å²) in [5.74, 6) is 0.163. The molecule has 0 radical (unpaired) electrons. The number of phenols is 1. The Hall–Kier alpha value is -0.730. The van der Waals surface area contributed by atoms with Crippen molar-refractivity contribution in [2.24, 2.45) is 0 Å². The van der Waals surface area contributed by atoms with E-state index in [1.165, 1.54) is 0 Å². The molecule has 0 bridgehead atoms. The maximum atomic E-state index is 9.42. The molecule has 0 heterocycles. The first-order valence-electron chi connectivity index (χ1n) is 4.20. The van der Waals surface area contributed by atoms with Crippen LogP contribution in [0.2, 0.25) is 5.02 Å². The van der Waals surface area contributed by atoms with Crippen LogP contribution in [0.25, 0.3) is 0 Å². The van der Waals surface area contributed by atoms with Crippen molar-refractivity contribution in [3.8, 4) is 5.75 Å². The fraction of sp³-hybridized carbons (Fsp3) is 0.400. The van der Waals surface area contributed by atoms with Crippen LogP contribution in [0.1, 0.15) is 16.7 Å². The van der Waals surface area contributed by atoms with Crippen LogP contribution in [-0.4, -0.2) is 12.2 Å². The number of phenolic OH excluding ortho intramolecular Hbond substituents is 1. The zero-order chi connectivity index (χ0) is 10.0. The van der Waals surface area contributed by atoms with Crippen LogP contribution in [0.5, 0.6) is 5.75 Å². The number of rotatable bonds is 2. The molecule has 0 amide bonds. The third-order valence-corrected chi connectivity index (χ3v) is 2.67. The van der Waals surface area contributed by atoms with Gasteiger partial charge in [0.2, 0.25) is 0 Å². The van der Waals surface area contributed by atoms with Crippen molar-refractivity contribution < 1.29 is 5.11 Å². The normalized spacial score (nSPS) is 10.5. The second-order valence-electron chi connectivity index (χ2n) is 3.16. The van der Waals surface area contributed by atoms with Crippen molar-refractivity contribution in [2.45, 2.75) is 20.4 Å². The maximum absolute atomic E-state index is 9.42. The second kappa shape index (κ2) is 3.99. The maximum Gasteiger partial charge on any atom is 0.134 e. The molecule has 1 aromatic rings. The van der Waals surface area contributed by atoms with Gasteiger partial charge in [-0.1, -0.05) is 11.6 Å². The summed E-state index contributed by atoms with van der Waals surface area (Å²) in [5.41, 5.74) is 3.17. The number of nitrogens with one attached hydrogen (secondary N) is 1. The van der Waals surface area contributed by atoms with E-state index in [9.17, 15) is 5.11 Å². The van der Waals surface area contributed by atoms with E-state index in [0.717, 1.165) is 23.2 Å². The minimum atomic E-state index is 0.163. The van der Waals surface area contributed by atoms with E-state index in [4.69, 9.17) is 11.6 Å². The van der Waals surface area contributed by atoms with Crippen molar-refractivity contribution >= 4 is 11.6 Å². The lowest BCUT2D eigenvalue weighted by Gasteiger charge is -2.12. The summed E-state index contributed by atoms with van der Waals surface area (Å²) < 4.78 is 0. The highest BCUT2D eigenvalue weighted by Gasteiger charge is 2.09. The minimum Gasteiger partial charge on any atom is -0.506 e. The van der Waals surface area contributed by atoms with Gasteiger partial charge in [-0.25, -0.2) is 0 Å². The fourth-order valence-corrected chi connectivity index (χ4v) is 1.59. The Bertz CT molecular complexity index is 323. The molecule has 2 N–H and O–H groups in total. The van der Waals surface area contributed by atoms with Crippen molar-refractivity contribution in [1.29, 1.82) is 0 Å². The smallest absolute Gasteiger partial charge is 0.134 e. The molecule has 72 valence electrons. The molecule has 2 nitrogen and oxygen atoms in total. The van der Waals surface area contributed by atoms with Gasteiger partial charge in [-0.2, -0.15) is 0 Å². The number of benzene rings is 1. The van der Waals surface area contributed by atoms with Crippen LogP contribution in [0.4, 0.5) is 0 Å². The third kappa shape index (κ3) is 1.95. The quantitative estimate of drug-likeness (QED) is 0.767. The summed E-state index contributed by atoms with van der Waals surface area (Å²) in [6, 6.07) is 1.70. The molecule has 0 fully saturated rings. The van der Waals surface area contributed by atoms with Crippen LogP contribution in [0.3, 0.4) is 0 Å². The van der Waals surface area contributed by atoms with E-state index in [2.05, 4.69) is 5.32 Å². The zero-order valence-electron chi connectivity index (χ0n) is 8.11. The van der Waals surface area contributed by atoms with E-state index >= 15 is 0 Å². The molecular formula is C10H14ClNO. The molecule has 0 saturated carbocycles. The van der Waals surface area contributed by atoms with Crippen molar-refractivity contribution in [2.75, 3.05) is 7.05 Å². The molecule has 0 unspecified atom stereocenters. The topological polar surface area (TPSA) is 32.3 Å². The Morgan fingerprint density at radius 3 is 2.62 bits per heavy atom. The highest BCUT2D eigenvalue weighted by Crippen LogP contribution is 2.31. The largest absolute Gasteiger partial charge is 0.506 e. The predicted molar refractivity (Wildman–Crippen MR) is 55.4 cm³/mol. The number of aromatic hydroxyl groups is 1. The number of hydrogen-bond acceptors (Lipinski definition) is 2. The van der Waals surface area contributed by atoms with Crippen LogP contribution in [0.15, 0.2) is 6.07 Å². The van der Waals surface area contributed by atoms with Gasteiger partial charge in [-0.3, -0.25) is 0 Å². The van der Waals surface area contributed by atoms with Crippen molar-refractivity contribution in [1.82, 2.24) is 5.32 Å². The molecule has 1 aromatic carbocycles. The van der Waals surface area contributed by atoms with E-state index < -0.39 is 0 Å². The predicted octanol–water partition coefficient (Wildman–Crippen LogP) is 2.38. The standard InChI is InChI=1S/C10H14ClNO/c1-6-4-9(13)10(11)7(2)8(6)5-12-3/h4,12-13H,5H2,1-3H3. The van der Waals surface area contributed by atoms with E-state index in [-0.39, 0.29) is 5.75 Å². The Labute approximate surface area is 83.5 Å². The second-order valence-corrected chi connectivity index (χ2v) is 3.54. The van der Waals surface area contributed by atoms with Gasteiger partial charge in [-0.05, 0) is 43.7 Å². The number of hydrogen-bond donors (Lipinski definition) is 2. The van der Waals surface area contributed by atoms with E-state index in [1.807, 2.05) is 20.9 Å². The first-order valence-corrected chi connectivity index (χ1v) is 4.58. The Morgan fingerprint density at radius 1 is 1.46 bits per heavy atom. The van der Waals surface area contributed by atoms with Gasteiger partial charge in [-0.15, -0.1) is 0 Å². The molecule has 0 aliphatic heterocycles. The molecular weight excluding hydrogens is 186 g/mol. The van der Waals surface area contributed by atoms with Gasteiger partial charge in [0, 0.05) is 6.54 Å². The van der Waals surface area contributed by atoms with Gasteiger partial charge >= 0.3 is 0 Å². The Morgan fingerprint density at radius 2 is 2.08 bits per heavy atom. The number of halogens is 1. The summed E-state index contributed by atoms with van der Waals surface area (Å²) >= 11 is 5.91. The van der Waals surface area contributed by atoms with Gasteiger partial charge < -0.3 is 10.4 Å². The summed E-state index contributed by atoms with van der Waals surface area (Å²) in [7, 11) is 1.89. The van der Waals surface area contributed by atoms with Crippen molar-refractivity contribution in [3.63, 3.8) is 0 Å². The molecule has 0 atom stereocenters. The molecule has 0 aliphatic rings. The number of aryl methyl sites for hydroxylation is 1. The highest BCUT2D eigenvalue weighted by atomic mass is 35.5. The molecule has 0 aromatic heterocycles. The monoisotopic (exact) mass is 199 g/mol. The van der Waals surface area contributed by atoms with Crippen molar-refractivity contribution in [3.05, 3.63) is 27.8 Å². The van der Waals surface area contributed by atoms with E-state index in [0.29, 0.717) is 5.02 Å². The summed E-state index contributed by atoms with van der Waals surface area (Å²) in [6.45, 7) is 4.66. The molecule has 0 saturated heterocycles. The SMILES string of the molecule is CNCc1c(C)cc(O)c(Cl)c1C. The van der Waals surface area contributed by atoms with Crippen LogP contribution >= 0.6 is 11.6 Å². The lowest BCUT2D eigenvalue weighted by molar-refractivity contribution is 0.474. The van der Waals surface area contributed by atoms with Crippen LogP contribution in [-0.2, 0) is 6.54 Å². The van der Waals surface area contributed by atoms with Gasteiger partial charge in [0.25, 0.3) is 0 Å². The summed E-state index contributed by atoms with van der Waals surface area (Å²) in [5, 5.41) is 12.9. The fourth-order valence-electron chi connectivity index (χ4n) is 1.42. The minimum absolute atomic E-state index is 0.163. The van der Waals surface area contributed by atoms with Gasteiger partial charge in [0.15, 0.2) is 0 Å². The molecule has 3 heteroatoms. The lowest BCUT2D eigenvalue weighted by atomic mass is 10.0. The summed E-state index contributed by atoms with van der Waals surface area (Å²) in [4.78, 5) is 0.